The Hall–Kier alpha value is -4.00. The van der Waals surface area contributed by atoms with Gasteiger partial charge in [0.1, 0.15) is 5.82 Å². The van der Waals surface area contributed by atoms with Crippen LogP contribution in [0.3, 0.4) is 0 Å². The van der Waals surface area contributed by atoms with E-state index in [1.807, 2.05) is 54.3 Å². The maximum absolute atomic E-state index is 13.4. The number of carbonyl (C=O) groups is 2. The first-order valence-electron chi connectivity index (χ1n) is 12.3. The first-order chi connectivity index (χ1) is 17.4. The van der Waals surface area contributed by atoms with Gasteiger partial charge in [-0.15, -0.1) is 0 Å². The lowest BCUT2D eigenvalue weighted by Crippen LogP contribution is -2.52. The van der Waals surface area contributed by atoms with Crippen molar-refractivity contribution in [2.24, 2.45) is 5.92 Å². The summed E-state index contributed by atoms with van der Waals surface area (Å²) in [5.41, 5.74) is 2.89. The third kappa shape index (κ3) is 3.85. The maximum Gasteiger partial charge on any atom is 0.225 e. The number of halogens is 1. The minimum absolute atomic E-state index is 0.0181. The van der Waals surface area contributed by atoms with Gasteiger partial charge in [-0.2, -0.15) is 5.10 Å². The SMILES string of the molecule is C[C@@]1(c2ccc3c(cnn3-c3ccc(F)cc3)c2)C(NC(=O)C2CC2)CC(=O)N1Cc1ccccc1. The molecule has 4 aromatic rings. The van der Waals surface area contributed by atoms with Crippen LogP contribution in [0.4, 0.5) is 4.39 Å². The van der Waals surface area contributed by atoms with Crippen molar-refractivity contribution in [1.29, 1.82) is 0 Å². The van der Waals surface area contributed by atoms with E-state index < -0.39 is 5.54 Å². The summed E-state index contributed by atoms with van der Waals surface area (Å²) in [6.07, 6.45) is 3.85. The summed E-state index contributed by atoms with van der Waals surface area (Å²) in [5, 5.41) is 8.64. The fourth-order valence-corrected chi connectivity index (χ4v) is 5.27. The van der Waals surface area contributed by atoms with Gasteiger partial charge in [-0.05, 0) is 67.3 Å². The van der Waals surface area contributed by atoms with Gasteiger partial charge in [-0.25, -0.2) is 9.07 Å². The highest BCUT2D eigenvalue weighted by atomic mass is 19.1. The molecule has 1 aliphatic carbocycles. The van der Waals surface area contributed by atoms with Gasteiger partial charge in [0.2, 0.25) is 11.8 Å². The van der Waals surface area contributed by atoms with E-state index >= 15 is 0 Å². The molecule has 2 heterocycles. The molecule has 1 saturated carbocycles. The van der Waals surface area contributed by atoms with E-state index in [0.717, 1.165) is 40.6 Å². The molecule has 2 fully saturated rings. The Labute approximate surface area is 208 Å². The van der Waals surface area contributed by atoms with Crippen molar-refractivity contribution in [3.8, 4) is 5.69 Å². The Kier molecular flexibility index (Phi) is 5.36. The van der Waals surface area contributed by atoms with Crippen molar-refractivity contribution in [2.75, 3.05) is 0 Å². The van der Waals surface area contributed by atoms with Crippen LogP contribution in [-0.4, -0.2) is 32.5 Å². The first-order valence-corrected chi connectivity index (χ1v) is 12.3. The summed E-state index contributed by atoms with van der Waals surface area (Å²) in [6.45, 7) is 2.50. The van der Waals surface area contributed by atoms with Crippen molar-refractivity contribution in [3.63, 3.8) is 0 Å². The van der Waals surface area contributed by atoms with Crippen LogP contribution in [0.15, 0.2) is 79.0 Å². The number of hydrogen-bond donors (Lipinski definition) is 1. The lowest BCUT2D eigenvalue weighted by atomic mass is 9.84. The Balaban J connectivity index is 1.41. The van der Waals surface area contributed by atoms with Crippen LogP contribution in [0.25, 0.3) is 16.6 Å². The highest BCUT2D eigenvalue weighted by molar-refractivity contribution is 5.87. The van der Waals surface area contributed by atoms with Gasteiger partial charge in [0, 0.05) is 24.3 Å². The number of amides is 2. The van der Waals surface area contributed by atoms with Gasteiger partial charge in [0.15, 0.2) is 0 Å². The summed E-state index contributed by atoms with van der Waals surface area (Å²) in [7, 11) is 0. The molecule has 0 spiro atoms. The van der Waals surface area contributed by atoms with Gasteiger partial charge in [-0.3, -0.25) is 9.59 Å². The van der Waals surface area contributed by atoms with E-state index in [1.165, 1.54) is 12.1 Å². The van der Waals surface area contributed by atoms with Gasteiger partial charge in [-0.1, -0.05) is 36.4 Å². The normalized spacial score (nSPS) is 21.8. The molecule has 1 N–H and O–H groups in total. The summed E-state index contributed by atoms with van der Waals surface area (Å²) in [6, 6.07) is 21.8. The van der Waals surface area contributed by atoms with Crippen molar-refractivity contribution < 1.29 is 14.0 Å². The van der Waals surface area contributed by atoms with Crippen LogP contribution in [0, 0.1) is 11.7 Å². The molecular formula is C29H27FN4O2. The van der Waals surface area contributed by atoms with Gasteiger partial charge >= 0.3 is 0 Å². The van der Waals surface area contributed by atoms with E-state index in [0.29, 0.717) is 6.54 Å². The predicted molar refractivity (Wildman–Crippen MR) is 135 cm³/mol. The van der Waals surface area contributed by atoms with E-state index in [4.69, 9.17) is 0 Å². The molecule has 6 nitrogen and oxygen atoms in total. The van der Waals surface area contributed by atoms with Gasteiger partial charge < -0.3 is 10.2 Å². The van der Waals surface area contributed by atoms with E-state index in [9.17, 15) is 14.0 Å². The quantitative estimate of drug-likeness (QED) is 0.433. The fourth-order valence-electron chi connectivity index (χ4n) is 5.27. The molecule has 1 saturated heterocycles. The number of rotatable bonds is 6. The number of nitrogens with one attached hydrogen (secondary N) is 1. The highest BCUT2D eigenvalue weighted by Crippen LogP contribution is 2.42. The molecule has 1 unspecified atom stereocenters. The number of likely N-dealkylation sites (tertiary alicyclic amines) is 1. The van der Waals surface area contributed by atoms with Crippen LogP contribution in [0.5, 0.6) is 0 Å². The molecule has 182 valence electrons. The van der Waals surface area contributed by atoms with Gasteiger partial charge in [0.05, 0.1) is 29.0 Å². The Morgan fingerprint density at radius 1 is 1.08 bits per heavy atom. The van der Waals surface area contributed by atoms with Crippen molar-refractivity contribution >= 4 is 22.7 Å². The second-order valence-corrected chi connectivity index (χ2v) is 9.96. The fraction of sp³-hybridized carbons (Fsp3) is 0.276. The third-order valence-electron chi connectivity index (χ3n) is 7.59. The molecule has 36 heavy (non-hydrogen) atoms. The van der Waals surface area contributed by atoms with Gasteiger partial charge in [0.25, 0.3) is 0 Å². The highest BCUT2D eigenvalue weighted by Gasteiger charge is 2.52. The topological polar surface area (TPSA) is 67.2 Å². The average molecular weight is 483 g/mol. The molecule has 0 radical (unpaired) electrons. The number of hydrogen-bond acceptors (Lipinski definition) is 3. The van der Waals surface area contributed by atoms with Crippen LogP contribution in [0.1, 0.15) is 37.3 Å². The average Bonchev–Trinajstić information content (AvgIpc) is 3.62. The minimum atomic E-state index is -0.732. The summed E-state index contributed by atoms with van der Waals surface area (Å²) in [5.74, 6) is -0.187. The molecule has 2 atom stereocenters. The van der Waals surface area contributed by atoms with E-state index in [2.05, 4.69) is 16.5 Å². The number of nitrogens with zero attached hydrogens (tertiary/aromatic N) is 3. The predicted octanol–water partition coefficient (Wildman–Crippen LogP) is 4.71. The van der Waals surface area contributed by atoms with Crippen molar-refractivity contribution in [2.45, 2.75) is 44.3 Å². The minimum Gasteiger partial charge on any atom is -0.350 e. The smallest absolute Gasteiger partial charge is 0.225 e. The molecule has 7 heteroatoms. The third-order valence-corrected chi connectivity index (χ3v) is 7.59. The summed E-state index contributed by atoms with van der Waals surface area (Å²) >= 11 is 0. The molecule has 0 bridgehead atoms. The molecule has 1 aliphatic heterocycles. The van der Waals surface area contributed by atoms with E-state index in [-0.39, 0.29) is 36.0 Å². The van der Waals surface area contributed by atoms with Crippen LogP contribution >= 0.6 is 0 Å². The number of aromatic nitrogens is 2. The zero-order chi connectivity index (χ0) is 24.9. The van der Waals surface area contributed by atoms with Crippen molar-refractivity contribution in [3.05, 3.63) is 95.9 Å². The molecule has 6 rings (SSSR count). The van der Waals surface area contributed by atoms with Crippen LogP contribution in [-0.2, 0) is 21.7 Å². The molecule has 1 aromatic heterocycles. The largest absolute Gasteiger partial charge is 0.350 e. The number of carbonyl (C=O) groups excluding carboxylic acids is 2. The number of fused-ring (bicyclic) bond motifs is 1. The monoisotopic (exact) mass is 482 g/mol. The Morgan fingerprint density at radius 2 is 1.83 bits per heavy atom. The number of benzene rings is 3. The lowest BCUT2D eigenvalue weighted by molar-refractivity contribution is -0.132. The van der Waals surface area contributed by atoms with E-state index in [1.54, 1.807) is 23.0 Å². The molecule has 2 amide bonds. The molecular weight excluding hydrogens is 455 g/mol. The Bertz CT molecular complexity index is 1450. The zero-order valence-electron chi connectivity index (χ0n) is 20.0. The maximum atomic E-state index is 13.4. The standard InChI is InChI=1S/C29H27FN4O2/c1-29(22-9-14-25-21(15-22)17-31-34(25)24-12-10-23(30)11-13-24)26(32-28(36)20-7-8-20)16-27(35)33(29)18-19-5-3-2-4-6-19/h2-6,9-15,17,20,26H,7-8,16,18H2,1H3,(H,32,36)/t26?,29-/m1/s1. The van der Waals surface area contributed by atoms with Crippen LogP contribution < -0.4 is 5.32 Å². The summed E-state index contributed by atoms with van der Waals surface area (Å²) < 4.78 is 15.2. The summed E-state index contributed by atoms with van der Waals surface area (Å²) in [4.78, 5) is 28.0. The molecule has 2 aliphatic rings. The second-order valence-electron chi connectivity index (χ2n) is 9.96. The van der Waals surface area contributed by atoms with Crippen molar-refractivity contribution in [1.82, 2.24) is 20.0 Å². The zero-order valence-corrected chi connectivity index (χ0v) is 20.0. The first kappa shape index (κ1) is 22.5. The van der Waals surface area contributed by atoms with Crippen LogP contribution in [0.2, 0.25) is 0 Å². The lowest BCUT2D eigenvalue weighted by Gasteiger charge is -2.40. The second kappa shape index (κ2) is 8.59. The Morgan fingerprint density at radius 3 is 2.56 bits per heavy atom. The molecule has 3 aromatic carbocycles.